The van der Waals surface area contributed by atoms with E-state index in [-0.39, 0.29) is 39.1 Å². The second-order valence-electron chi connectivity index (χ2n) is 8.77. The number of nitrogens with zero attached hydrogens (tertiary/aromatic N) is 2. The SMILES string of the molecule is CC(C)NC(=O)[C@@H](C)N(Cc1ccccc1)C(=O)CN(c1ccc(Cl)c(Cl)c1)S(=O)(=O)c1ccccc1. The molecule has 1 atom stereocenters. The number of sulfonamides is 1. The predicted octanol–water partition coefficient (Wildman–Crippen LogP) is 5.13. The zero-order valence-corrected chi connectivity index (χ0v) is 23.1. The van der Waals surface area contributed by atoms with Crippen LogP contribution in [-0.2, 0) is 26.2 Å². The number of benzene rings is 3. The summed E-state index contributed by atoms with van der Waals surface area (Å²) in [5, 5.41) is 3.21. The van der Waals surface area contributed by atoms with E-state index in [4.69, 9.17) is 23.2 Å². The van der Waals surface area contributed by atoms with Crippen molar-refractivity contribution in [1.82, 2.24) is 10.2 Å². The van der Waals surface area contributed by atoms with Gasteiger partial charge in [-0.2, -0.15) is 0 Å². The van der Waals surface area contributed by atoms with Crippen LogP contribution in [-0.4, -0.2) is 43.8 Å². The van der Waals surface area contributed by atoms with Gasteiger partial charge in [0, 0.05) is 12.6 Å². The number of rotatable bonds is 10. The number of amides is 2. The molecule has 0 spiro atoms. The van der Waals surface area contributed by atoms with E-state index >= 15 is 0 Å². The molecule has 0 heterocycles. The molecule has 10 heteroatoms. The van der Waals surface area contributed by atoms with Gasteiger partial charge in [-0.1, -0.05) is 71.7 Å². The van der Waals surface area contributed by atoms with Gasteiger partial charge in [0.1, 0.15) is 12.6 Å². The molecule has 1 N–H and O–H groups in total. The largest absolute Gasteiger partial charge is 0.352 e. The Morgan fingerprint density at radius 1 is 0.865 bits per heavy atom. The predicted molar refractivity (Wildman–Crippen MR) is 147 cm³/mol. The molecule has 0 saturated heterocycles. The van der Waals surface area contributed by atoms with Gasteiger partial charge in [0.05, 0.1) is 20.6 Å². The molecule has 0 aliphatic heterocycles. The van der Waals surface area contributed by atoms with Gasteiger partial charge in [-0.25, -0.2) is 8.42 Å². The van der Waals surface area contributed by atoms with Crippen LogP contribution in [0.15, 0.2) is 83.8 Å². The fraction of sp³-hybridized carbons (Fsp3) is 0.259. The molecule has 0 aliphatic carbocycles. The van der Waals surface area contributed by atoms with Crippen molar-refractivity contribution in [2.75, 3.05) is 10.8 Å². The van der Waals surface area contributed by atoms with Crippen LogP contribution in [0.5, 0.6) is 0 Å². The molecular formula is C27H29Cl2N3O4S. The third-order valence-electron chi connectivity index (χ3n) is 5.60. The molecule has 3 aromatic rings. The summed E-state index contributed by atoms with van der Waals surface area (Å²) in [7, 11) is -4.17. The summed E-state index contributed by atoms with van der Waals surface area (Å²) in [6.07, 6.45) is 0. The van der Waals surface area contributed by atoms with Crippen LogP contribution in [0.2, 0.25) is 10.0 Å². The van der Waals surface area contributed by atoms with Crippen LogP contribution < -0.4 is 9.62 Å². The van der Waals surface area contributed by atoms with Crippen LogP contribution in [0.3, 0.4) is 0 Å². The van der Waals surface area contributed by atoms with Gasteiger partial charge >= 0.3 is 0 Å². The Morgan fingerprint density at radius 2 is 1.46 bits per heavy atom. The van der Waals surface area contributed by atoms with Crippen LogP contribution in [0.25, 0.3) is 0 Å². The van der Waals surface area contributed by atoms with Crippen molar-refractivity contribution in [2.45, 2.75) is 44.3 Å². The third-order valence-corrected chi connectivity index (χ3v) is 8.12. The Bertz CT molecular complexity index is 1340. The highest BCUT2D eigenvalue weighted by Gasteiger charge is 2.32. The quantitative estimate of drug-likeness (QED) is 0.371. The van der Waals surface area contributed by atoms with E-state index in [9.17, 15) is 18.0 Å². The van der Waals surface area contributed by atoms with Gasteiger partial charge in [0.25, 0.3) is 10.0 Å². The average molecular weight is 563 g/mol. The Balaban J connectivity index is 2.03. The lowest BCUT2D eigenvalue weighted by Crippen LogP contribution is -2.52. The smallest absolute Gasteiger partial charge is 0.264 e. The van der Waals surface area contributed by atoms with E-state index in [2.05, 4.69) is 5.32 Å². The lowest BCUT2D eigenvalue weighted by atomic mass is 10.1. The van der Waals surface area contributed by atoms with Gasteiger partial charge < -0.3 is 10.2 Å². The topological polar surface area (TPSA) is 86.8 Å². The fourth-order valence-electron chi connectivity index (χ4n) is 3.66. The maximum atomic E-state index is 13.8. The molecule has 37 heavy (non-hydrogen) atoms. The molecular weight excluding hydrogens is 533 g/mol. The minimum absolute atomic E-state index is 0.00841. The van der Waals surface area contributed by atoms with E-state index in [0.717, 1.165) is 9.87 Å². The summed E-state index contributed by atoms with van der Waals surface area (Å²) in [6, 6.07) is 20.4. The first kappa shape index (κ1) is 28.5. The first-order valence-electron chi connectivity index (χ1n) is 11.7. The average Bonchev–Trinajstić information content (AvgIpc) is 2.87. The molecule has 0 bridgehead atoms. The highest BCUT2D eigenvalue weighted by Crippen LogP contribution is 2.30. The maximum Gasteiger partial charge on any atom is 0.264 e. The fourth-order valence-corrected chi connectivity index (χ4v) is 5.38. The molecule has 3 rings (SSSR count). The molecule has 0 aliphatic rings. The summed E-state index contributed by atoms with van der Waals surface area (Å²) in [5.41, 5.74) is 0.970. The molecule has 3 aromatic carbocycles. The Morgan fingerprint density at radius 3 is 2.03 bits per heavy atom. The maximum absolute atomic E-state index is 13.8. The summed E-state index contributed by atoms with van der Waals surface area (Å²) in [4.78, 5) is 28.0. The first-order chi connectivity index (χ1) is 17.5. The summed E-state index contributed by atoms with van der Waals surface area (Å²) >= 11 is 12.3. The zero-order chi connectivity index (χ0) is 27.2. The molecule has 7 nitrogen and oxygen atoms in total. The highest BCUT2D eigenvalue weighted by atomic mass is 35.5. The second-order valence-corrected chi connectivity index (χ2v) is 11.4. The minimum atomic E-state index is -4.17. The number of nitrogens with one attached hydrogen (secondary N) is 1. The van der Waals surface area contributed by atoms with Gasteiger partial charge in [0.2, 0.25) is 11.8 Å². The van der Waals surface area contributed by atoms with E-state index in [1.807, 2.05) is 44.2 Å². The van der Waals surface area contributed by atoms with Crippen molar-refractivity contribution in [1.29, 1.82) is 0 Å². The van der Waals surface area contributed by atoms with Crippen molar-refractivity contribution in [3.8, 4) is 0 Å². The first-order valence-corrected chi connectivity index (χ1v) is 13.9. The van der Waals surface area contributed by atoms with Crippen molar-refractivity contribution in [2.24, 2.45) is 0 Å². The molecule has 2 amide bonds. The molecule has 0 unspecified atom stereocenters. The monoisotopic (exact) mass is 561 g/mol. The number of hydrogen-bond donors (Lipinski definition) is 1. The normalized spacial score (nSPS) is 12.2. The number of halogens is 2. The summed E-state index contributed by atoms with van der Waals surface area (Å²) in [6.45, 7) is 4.83. The minimum Gasteiger partial charge on any atom is -0.352 e. The van der Waals surface area contributed by atoms with Crippen LogP contribution >= 0.6 is 23.2 Å². The second kappa shape index (κ2) is 12.4. The van der Waals surface area contributed by atoms with Gasteiger partial charge in [-0.3, -0.25) is 13.9 Å². The molecule has 0 radical (unpaired) electrons. The van der Waals surface area contributed by atoms with E-state index in [0.29, 0.717) is 0 Å². The van der Waals surface area contributed by atoms with Crippen molar-refractivity contribution in [3.63, 3.8) is 0 Å². The van der Waals surface area contributed by atoms with Crippen LogP contribution in [0.1, 0.15) is 26.3 Å². The van der Waals surface area contributed by atoms with Crippen LogP contribution in [0, 0.1) is 0 Å². The van der Waals surface area contributed by atoms with Crippen molar-refractivity contribution < 1.29 is 18.0 Å². The molecule has 0 aromatic heterocycles. The van der Waals surface area contributed by atoms with E-state index < -0.39 is 28.5 Å². The molecule has 0 fully saturated rings. The Labute approximate surface area is 228 Å². The number of carbonyl (C=O) groups excluding carboxylic acids is 2. The van der Waals surface area contributed by atoms with Gasteiger partial charge in [0.15, 0.2) is 0 Å². The molecule has 196 valence electrons. The van der Waals surface area contributed by atoms with E-state index in [1.54, 1.807) is 25.1 Å². The lowest BCUT2D eigenvalue weighted by molar-refractivity contribution is -0.139. The van der Waals surface area contributed by atoms with Crippen molar-refractivity contribution in [3.05, 3.63) is 94.5 Å². The standard InChI is InChI=1S/C27H29Cl2N3O4S/c1-19(2)30-27(34)20(3)31(17-21-10-6-4-7-11-21)26(33)18-32(22-14-15-24(28)25(29)16-22)37(35,36)23-12-8-5-9-13-23/h4-16,19-20H,17-18H2,1-3H3,(H,30,34)/t20-/m1/s1. The number of anilines is 1. The Kier molecular flexibility index (Phi) is 9.59. The zero-order valence-electron chi connectivity index (χ0n) is 20.8. The number of carbonyl (C=O) groups is 2. The summed E-state index contributed by atoms with van der Waals surface area (Å²) in [5.74, 6) is -0.896. The third kappa shape index (κ3) is 7.25. The van der Waals surface area contributed by atoms with Gasteiger partial charge in [-0.05, 0) is 56.7 Å². The van der Waals surface area contributed by atoms with Crippen molar-refractivity contribution >= 4 is 50.7 Å². The Hall–Kier alpha value is -3.07. The van der Waals surface area contributed by atoms with E-state index in [1.165, 1.54) is 35.2 Å². The van der Waals surface area contributed by atoms with Gasteiger partial charge in [-0.15, -0.1) is 0 Å². The number of hydrogen-bond acceptors (Lipinski definition) is 4. The summed E-state index contributed by atoms with van der Waals surface area (Å²) < 4.78 is 28.4. The van der Waals surface area contributed by atoms with Crippen LogP contribution in [0.4, 0.5) is 5.69 Å². The lowest BCUT2D eigenvalue weighted by Gasteiger charge is -2.32. The molecule has 0 saturated carbocycles. The highest BCUT2D eigenvalue weighted by molar-refractivity contribution is 7.92.